The third-order valence-electron chi connectivity index (χ3n) is 4.48. The predicted molar refractivity (Wildman–Crippen MR) is 109 cm³/mol. The fourth-order valence-electron chi connectivity index (χ4n) is 3.05. The molecule has 0 spiro atoms. The van der Waals surface area contributed by atoms with Gasteiger partial charge in [0, 0.05) is 12.1 Å². The number of hydrogen-bond donors (Lipinski definition) is 1. The summed E-state index contributed by atoms with van der Waals surface area (Å²) in [6.07, 6.45) is 1.14. The molecule has 2 aromatic carbocycles. The number of aryl methyl sites for hydroxylation is 3. The van der Waals surface area contributed by atoms with Crippen molar-refractivity contribution < 1.29 is 9.53 Å². The number of amides is 1. The van der Waals surface area contributed by atoms with Gasteiger partial charge >= 0.3 is 0 Å². The highest BCUT2D eigenvalue weighted by Gasteiger charge is 2.13. The molecule has 2 rings (SSSR count). The van der Waals surface area contributed by atoms with Gasteiger partial charge in [0.15, 0.2) is 0 Å². The fourth-order valence-corrected chi connectivity index (χ4v) is 3.05. The second kappa shape index (κ2) is 8.39. The molecule has 2 aromatic rings. The smallest absolute Gasteiger partial charge is 0.224 e. The Hall–Kier alpha value is -2.29. The normalized spacial score (nSPS) is 11.3. The van der Waals surface area contributed by atoms with Crippen molar-refractivity contribution in [3.8, 4) is 5.75 Å². The first-order chi connectivity index (χ1) is 12.2. The number of carbonyl (C=O) groups is 1. The molecule has 0 saturated heterocycles. The van der Waals surface area contributed by atoms with Gasteiger partial charge < -0.3 is 10.1 Å². The molecule has 0 aliphatic rings. The maximum atomic E-state index is 12.2. The minimum absolute atomic E-state index is 0.0340. The zero-order valence-electron chi connectivity index (χ0n) is 16.9. The standard InChI is InChI=1S/C23H31NO2/c1-16-14-17(2)22(18(3)15-16)24-21(25)8-7-13-26-20-11-9-19(10-12-20)23(4,5)6/h9-12,14-15H,7-8,13H2,1-6H3,(H,24,25). The molecule has 26 heavy (non-hydrogen) atoms. The molecule has 0 saturated carbocycles. The molecule has 0 radical (unpaired) electrons. The van der Waals surface area contributed by atoms with Gasteiger partial charge in [-0.1, -0.05) is 50.6 Å². The molecule has 0 aromatic heterocycles. The molecule has 3 heteroatoms. The SMILES string of the molecule is Cc1cc(C)c(NC(=O)CCCOc2ccc(C(C)(C)C)cc2)c(C)c1. The van der Waals surface area contributed by atoms with E-state index in [0.29, 0.717) is 19.4 Å². The summed E-state index contributed by atoms with van der Waals surface area (Å²) in [5, 5.41) is 3.03. The van der Waals surface area contributed by atoms with Crippen molar-refractivity contribution in [2.75, 3.05) is 11.9 Å². The van der Waals surface area contributed by atoms with Gasteiger partial charge in [-0.2, -0.15) is 0 Å². The Kier molecular flexibility index (Phi) is 6.47. The molecule has 0 fully saturated rings. The molecule has 0 heterocycles. The van der Waals surface area contributed by atoms with Crippen molar-refractivity contribution in [3.05, 3.63) is 58.7 Å². The lowest BCUT2D eigenvalue weighted by atomic mass is 9.87. The van der Waals surface area contributed by atoms with Crippen LogP contribution in [0.15, 0.2) is 36.4 Å². The third-order valence-corrected chi connectivity index (χ3v) is 4.48. The van der Waals surface area contributed by atoms with Crippen LogP contribution in [-0.4, -0.2) is 12.5 Å². The molecule has 0 bridgehead atoms. The molecule has 1 N–H and O–H groups in total. The van der Waals surface area contributed by atoms with Crippen molar-refractivity contribution in [2.24, 2.45) is 0 Å². The summed E-state index contributed by atoms with van der Waals surface area (Å²) in [5.74, 6) is 0.885. The summed E-state index contributed by atoms with van der Waals surface area (Å²) >= 11 is 0. The molecule has 0 aliphatic carbocycles. The van der Waals surface area contributed by atoms with Crippen molar-refractivity contribution in [3.63, 3.8) is 0 Å². The summed E-state index contributed by atoms with van der Waals surface area (Å²) in [5.41, 5.74) is 5.77. The summed E-state index contributed by atoms with van der Waals surface area (Å²) in [4.78, 5) is 12.2. The van der Waals surface area contributed by atoms with Crippen LogP contribution in [0.1, 0.15) is 55.9 Å². The maximum Gasteiger partial charge on any atom is 0.224 e. The van der Waals surface area contributed by atoms with Crippen LogP contribution >= 0.6 is 0 Å². The Bertz CT molecular complexity index is 732. The number of ether oxygens (including phenoxy) is 1. The Balaban J connectivity index is 1.79. The van der Waals surface area contributed by atoms with Gasteiger partial charge in [0.2, 0.25) is 5.91 Å². The number of anilines is 1. The largest absolute Gasteiger partial charge is 0.494 e. The number of carbonyl (C=O) groups excluding carboxylic acids is 1. The first-order valence-corrected chi connectivity index (χ1v) is 9.28. The first-order valence-electron chi connectivity index (χ1n) is 9.28. The lowest BCUT2D eigenvalue weighted by molar-refractivity contribution is -0.116. The van der Waals surface area contributed by atoms with Gasteiger partial charge in [-0.3, -0.25) is 4.79 Å². The van der Waals surface area contributed by atoms with Gasteiger partial charge in [0.05, 0.1) is 6.61 Å². The Morgan fingerprint density at radius 3 is 2.12 bits per heavy atom. The van der Waals surface area contributed by atoms with Crippen molar-refractivity contribution in [2.45, 2.75) is 59.8 Å². The number of rotatable bonds is 6. The van der Waals surface area contributed by atoms with E-state index < -0.39 is 0 Å². The van der Waals surface area contributed by atoms with E-state index in [-0.39, 0.29) is 11.3 Å². The summed E-state index contributed by atoms with van der Waals surface area (Å²) in [7, 11) is 0. The minimum Gasteiger partial charge on any atom is -0.494 e. The highest BCUT2D eigenvalue weighted by Crippen LogP contribution is 2.24. The molecular formula is C23H31NO2. The average molecular weight is 354 g/mol. The first kappa shape index (κ1) is 20.0. The van der Waals surface area contributed by atoms with Gasteiger partial charge in [-0.15, -0.1) is 0 Å². The maximum absolute atomic E-state index is 12.2. The molecule has 3 nitrogen and oxygen atoms in total. The number of nitrogens with one attached hydrogen (secondary N) is 1. The van der Waals surface area contributed by atoms with Gasteiger partial charge in [0.25, 0.3) is 0 Å². The quantitative estimate of drug-likeness (QED) is 0.676. The van der Waals surface area contributed by atoms with Crippen LogP contribution in [0.25, 0.3) is 0 Å². The summed E-state index contributed by atoms with van der Waals surface area (Å²) in [6.45, 7) is 13.2. The lowest BCUT2D eigenvalue weighted by Crippen LogP contribution is -2.14. The van der Waals surface area contributed by atoms with Crippen molar-refractivity contribution in [1.82, 2.24) is 0 Å². The highest BCUT2D eigenvalue weighted by atomic mass is 16.5. The Morgan fingerprint density at radius 1 is 1.00 bits per heavy atom. The third kappa shape index (κ3) is 5.62. The van der Waals surface area contributed by atoms with E-state index in [0.717, 1.165) is 22.6 Å². The van der Waals surface area contributed by atoms with Crippen molar-refractivity contribution >= 4 is 11.6 Å². The zero-order valence-corrected chi connectivity index (χ0v) is 16.9. The van der Waals surface area contributed by atoms with Crippen molar-refractivity contribution in [1.29, 1.82) is 0 Å². The van der Waals surface area contributed by atoms with E-state index in [9.17, 15) is 4.79 Å². The molecule has 1 amide bonds. The van der Waals surface area contributed by atoms with Gasteiger partial charge in [0.1, 0.15) is 5.75 Å². The monoisotopic (exact) mass is 353 g/mol. The highest BCUT2D eigenvalue weighted by molar-refractivity contribution is 5.92. The predicted octanol–water partition coefficient (Wildman–Crippen LogP) is 5.71. The second-order valence-electron chi connectivity index (χ2n) is 8.05. The molecule has 140 valence electrons. The number of hydrogen-bond acceptors (Lipinski definition) is 2. The van der Waals surface area contributed by atoms with E-state index in [1.807, 2.05) is 26.0 Å². The van der Waals surface area contributed by atoms with Gasteiger partial charge in [-0.05, 0) is 61.4 Å². The second-order valence-corrected chi connectivity index (χ2v) is 8.05. The zero-order chi connectivity index (χ0) is 19.3. The molecule has 0 aliphatic heterocycles. The molecule has 0 atom stereocenters. The van der Waals surface area contributed by atoms with Crippen LogP contribution in [0.4, 0.5) is 5.69 Å². The summed E-state index contributed by atoms with van der Waals surface area (Å²) in [6, 6.07) is 12.4. The van der Waals surface area contributed by atoms with Gasteiger partial charge in [-0.25, -0.2) is 0 Å². The van der Waals surface area contributed by atoms with Crippen LogP contribution in [0, 0.1) is 20.8 Å². The van der Waals surface area contributed by atoms with Crippen LogP contribution < -0.4 is 10.1 Å². The van der Waals surface area contributed by atoms with Crippen LogP contribution in [0.5, 0.6) is 5.75 Å². The van der Waals surface area contributed by atoms with E-state index in [1.54, 1.807) is 0 Å². The average Bonchev–Trinajstić information content (AvgIpc) is 2.54. The fraction of sp³-hybridized carbons (Fsp3) is 0.435. The number of benzene rings is 2. The Labute approximate surface area is 157 Å². The van der Waals surface area contributed by atoms with E-state index >= 15 is 0 Å². The molecular weight excluding hydrogens is 322 g/mol. The topological polar surface area (TPSA) is 38.3 Å². The van der Waals surface area contributed by atoms with E-state index in [2.05, 4.69) is 57.3 Å². The minimum atomic E-state index is 0.0340. The Morgan fingerprint density at radius 2 is 1.58 bits per heavy atom. The summed E-state index contributed by atoms with van der Waals surface area (Å²) < 4.78 is 5.76. The van der Waals surface area contributed by atoms with E-state index in [1.165, 1.54) is 11.1 Å². The van der Waals surface area contributed by atoms with E-state index in [4.69, 9.17) is 4.74 Å². The van der Waals surface area contributed by atoms with Crippen LogP contribution in [-0.2, 0) is 10.2 Å². The van der Waals surface area contributed by atoms with Crippen LogP contribution in [0.2, 0.25) is 0 Å². The molecule has 0 unspecified atom stereocenters. The van der Waals surface area contributed by atoms with Crippen LogP contribution in [0.3, 0.4) is 0 Å². The lowest BCUT2D eigenvalue weighted by Gasteiger charge is -2.19.